The van der Waals surface area contributed by atoms with Gasteiger partial charge in [0.15, 0.2) is 29.1 Å². The molecule has 0 bridgehead atoms. The number of nitrogens with two attached hydrogens (primary N) is 1. The van der Waals surface area contributed by atoms with Crippen LogP contribution in [0.2, 0.25) is 0 Å². The molecule has 10 heteroatoms. The highest BCUT2D eigenvalue weighted by molar-refractivity contribution is 5.71. The standard InChI is InChI=1S/C24H23F2N5O3.C2H6/c1-13-28-10-21(34-13)17-5-3-14(7-20(17)33-2)22-29-30-23-24(12-27,9-16(32)11-31(22)23)15-4-6-18(25)19(26)8-15;1-2/h3-8,10,16,32H,9,11-12,27H2,1-2H3;1-2H3. The van der Waals surface area contributed by atoms with Crippen LogP contribution in [0.25, 0.3) is 22.7 Å². The minimum Gasteiger partial charge on any atom is -0.496 e. The number of aliphatic hydroxyl groups is 1. The fraction of sp³-hybridized carbons (Fsp3) is 0.346. The first-order valence-corrected chi connectivity index (χ1v) is 11.7. The zero-order valence-electron chi connectivity index (χ0n) is 20.6. The number of halogens is 2. The number of oxazole rings is 1. The van der Waals surface area contributed by atoms with Crippen molar-refractivity contribution in [2.75, 3.05) is 13.7 Å². The molecule has 0 fully saturated rings. The normalized spacial score (nSPS) is 18.8. The molecule has 0 saturated heterocycles. The van der Waals surface area contributed by atoms with Crippen molar-refractivity contribution in [2.45, 2.75) is 45.3 Å². The monoisotopic (exact) mass is 497 g/mol. The van der Waals surface area contributed by atoms with Gasteiger partial charge in [-0.2, -0.15) is 0 Å². The molecule has 1 aliphatic rings. The summed E-state index contributed by atoms with van der Waals surface area (Å²) in [5, 5.41) is 19.5. The van der Waals surface area contributed by atoms with Crippen LogP contribution in [-0.4, -0.2) is 44.6 Å². The fourth-order valence-electron chi connectivity index (χ4n) is 4.67. The van der Waals surface area contributed by atoms with Gasteiger partial charge in [0.1, 0.15) is 11.6 Å². The third-order valence-corrected chi connectivity index (χ3v) is 6.32. The summed E-state index contributed by atoms with van der Waals surface area (Å²) in [7, 11) is 1.55. The van der Waals surface area contributed by atoms with Crippen molar-refractivity contribution >= 4 is 0 Å². The second-order valence-electron chi connectivity index (χ2n) is 8.39. The number of aryl methyl sites for hydroxylation is 1. The highest BCUT2D eigenvalue weighted by atomic mass is 19.2. The first kappa shape index (κ1) is 25.5. The van der Waals surface area contributed by atoms with Crippen LogP contribution in [0.1, 0.15) is 37.5 Å². The van der Waals surface area contributed by atoms with Gasteiger partial charge in [-0.1, -0.05) is 26.0 Å². The van der Waals surface area contributed by atoms with Gasteiger partial charge in [-0.05, 0) is 36.2 Å². The molecule has 1 aliphatic heterocycles. The number of aliphatic hydroxyl groups excluding tert-OH is 1. The van der Waals surface area contributed by atoms with E-state index in [1.54, 1.807) is 30.9 Å². The van der Waals surface area contributed by atoms with Crippen LogP contribution in [0.3, 0.4) is 0 Å². The maximum Gasteiger partial charge on any atom is 0.191 e. The largest absolute Gasteiger partial charge is 0.496 e. The second-order valence-corrected chi connectivity index (χ2v) is 8.39. The van der Waals surface area contributed by atoms with Crippen LogP contribution < -0.4 is 10.5 Å². The Kier molecular flexibility index (Phi) is 7.18. The maximum absolute atomic E-state index is 14.1. The summed E-state index contributed by atoms with van der Waals surface area (Å²) in [6.07, 6.45) is 1.04. The van der Waals surface area contributed by atoms with E-state index in [-0.39, 0.29) is 19.5 Å². The summed E-state index contributed by atoms with van der Waals surface area (Å²) in [5.74, 6) is 0.691. The average molecular weight is 498 g/mol. The van der Waals surface area contributed by atoms with Gasteiger partial charge in [-0.3, -0.25) is 0 Å². The number of benzene rings is 2. The summed E-state index contributed by atoms with van der Waals surface area (Å²) < 4.78 is 40.7. The van der Waals surface area contributed by atoms with Crippen molar-refractivity contribution in [3.63, 3.8) is 0 Å². The Balaban J connectivity index is 0.00000148. The number of rotatable bonds is 5. The van der Waals surface area contributed by atoms with Gasteiger partial charge >= 0.3 is 0 Å². The van der Waals surface area contributed by atoms with E-state index in [9.17, 15) is 13.9 Å². The van der Waals surface area contributed by atoms with Gasteiger partial charge in [0, 0.05) is 19.0 Å². The summed E-state index contributed by atoms with van der Waals surface area (Å²) in [6.45, 7) is 6.02. The molecule has 36 heavy (non-hydrogen) atoms. The van der Waals surface area contributed by atoms with E-state index in [1.165, 1.54) is 6.07 Å². The average Bonchev–Trinajstić information content (AvgIpc) is 3.52. The molecule has 2 aromatic heterocycles. The van der Waals surface area contributed by atoms with E-state index in [4.69, 9.17) is 14.9 Å². The third-order valence-electron chi connectivity index (χ3n) is 6.32. The zero-order chi connectivity index (χ0) is 26.0. The molecule has 0 saturated carbocycles. The molecule has 5 rings (SSSR count). The Morgan fingerprint density at radius 3 is 2.58 bits per heavy atom. The van der Waals surface area contributed by atoms with Crippen molar-refractivity contribution < 1.29 is 23.0 Å². The molecule has 3 heterocycles. The van der Waals surface area contributed by atoms with Gasteiger partial charge < -0.3 is 24.6 Å². The SMILES string of the molecule is CC.COc1cc(-c2nnc3n2CC(O)CC3(CN)c2ccc(F)c(F)c2)ccc1-c1cnc(C)o1. The van der Waals surface area contributed by atoms with Crippen LogP contribution in [0, 0.1) is 18.6 Å². The number of methoxy groups -OCH3 is 1. The van der Waals surface area contributed by atoms with E-state index in [0.717, 1.165) is 17.7 Å². The Morgan fingerprint density at radius 2 is 1.94 bits per heavy atom. The predicted octanol–water partition coefficient (Wildman–Crippen LogP) is 4.23. The zero-order valence-corrected chi connectivity index (χ0v) is 20.6. The van der Waals surface area contributed by atoms with Gasteiger partial charge in [-0.25, -0.2) is 13.8 Å². The van der Waals surface area contributed by atoms with Gasteiger partial charge in [0.2, 0.25) is 0 Å². The van der Waals surface area contributed by atoms with E-state index < -0.39 is 23.2 Å². The fourth-order valence-corrected chi connectivity index (χ4v) is 4.67. The Bertz CT molecular complexity index is 1370. The lowest BCUT2D eigenvalue weighted by molar-refractivity contribution is 0.0993. The Hall–Kier alpha value is -3.63. The van der Waals surface area contributed by atoms with E-state index >= 15 is 0 Å². The summed E-state index contributed by atoms with van der Waals surface area (Å²) in [6, 6.07) is 9.11. The lowest BCUT2D eigenvalue weighted by atomic mass is 9.73. The predicted molar refractivity (Wildman–Crippen MR) is 130 cm³/mol. The molecule has 190 valence electrons. The summed E-state index contributed by atoms with van der Waals surface area (Å²) in [5.41, 5.74) is 6.99. The molecule has 0 aliphatic carbocycles. The highest BCUT2D eigenvalue weighted by Crippen LogP contribution is 2.41. The smallest absolute Gasteiger partial charge is 0.191 e. The Labute approximate surface area is 207 Å². The lowest BCUT2D eigenvalue weighted by Gasteiger charge is -2.38. The van der Waals surface area contributed by atoms with E-state index in [2.05, 4.69) is 15.2 Å². The number of nitrogens with zero attached hydrogens (tertiary/aromatic N) is 4. The molecule has 3 N–H and O–H groups in total. The van der Waals surface area contributed by atoms with Crippen molar-refractivity contribution in [3.05, 3.63) is 71.5 Å². The number of hydrogen-bond donors (Lipinski definition) is 2. The van der Waals surface area contributed by atoms with Crippen molar-refractivity contribution in [2.24, 2.45) is 5.73 Å². The molecule has 2 unspecified atom stereocenters. The molecular formula is C26H29F2N5O3. The van der Waals surface area contributed by atoms with Crippen LogP contribution in [0.15, 0.2) is 47.0 Å². The van der Waals surface area contributed by atoms with E-state index in [0.29, 0.717) is 40.2 Å². The molecule has 8 nitrogen and oxygen atoms in total. The minimum atomic E-state index is -1.03. The topological polar surface area (TPSA) is 112 Å². The van der Waals surface area contributed by atoms with Crippen LogP contribution >= 0.6 is 0 Å². The molecule has 0 spiro atoms. The maximum atomic E-state index is 14.1. The summed E-state index contributed by atoms with van der Waals surface area (Å²) >= 11 is 0. The molecule has 4 aromatic rings. The number of aromatic nitrogens is 4. The second kappa shape index (κ2) is 10.2. The van der Waals surface area contributed by atoms with Gasteiger partial charge in [-0.15, -0.1) is 10.2 Å². The Morgan fingerprint density at radius 1 is 1.17 bits per heavy atom. The first-order valence-electron chi connectivity index (χ1n) is 11.7. The van der Waals surface area contributed by atoms with Crippen LogP contribution in [0.5, 0.6) is 5.75 Å². The highest BCUT2D eigenvalue weighted by Gasteiger charge is 2.44. The van der Waals surface area contributed by atoms with Crippen LogP contribution in [0.4, 0.5) is 8.78 Å². The van der Waals surface area contributed by atoms with Crippen LogP contribution in [-0.2, 0) is 12.0 Å². The first-order chi connectivity index (χ1) is 17.4. The molecular weight excluding hydrogens is 468 g/mol. The quantitative estimate of drug-likeness (QED) is 0.424. The van der Waals surface area contributed by atoms with Gasteiger partial charge in [0.05, 0.1) is 36.9 Å². The van der Waals surface area contributed by atoms with Crippen molar-refractivity contribution in [3.8, 4) is 28.5 Å². The van der Waals surface area contributed by atoms with E-state index in [1.807, 2.05) is 26.0 Å². The number of ether oxygens (including phenoxy) is 1. The molecule has 2 aromatic carbocycles. The lowest BCUT2D eigenvalue weighted by Crippen LogP contribution is -2.47. The van der Waals surface area contributed by atoms with Crippen molar-refractivity contribution in [1.82, 2.24) is 19.7 Å². The molecule has 2 atom stereocenters. The number of fused-ring (bicyclic) bond motifs is 1. The summed E-state index contributed by atoms with van der Waals surface area (Å²) in [4.78, 5) is 4.13. The molecule has 0 amide bonds. The van der Waals surface area contributed by atoms with Crippen molar-refractivity contribution in [1.29, 1.82) is 0 Å². The third kappa shape index (κ3) is 4.27. The molecule has 0 radical (unpaired) electrons. The number of hydrogen-bond acceptors (Lipinski definition) is 7. The minimum absolute atomic E-state index is 0.0281. The van der Waals surface area contributed by atoms with Gasteiger partial charge in [0.25, 0.3) is 0 Å².